The predicted octanol–water partition coefficient (Wildman–Crippen LogP) is 3.56. The third kappa shape index (κ3) is 3.20. The van der Waals surface area contributed by atoms with Crippen molar-refractivity contribution in [2.75, 3.05) is 0 Å². The largest absolute Gasteiger partial charge is 0.481 e. The van der Waals surface area contributed by atoms with Crippen molar-refractivity contribution in [3.8, 4) is 0 Å². The van der Waals surface area contributed by atoms with E-state index < -0.39 is 22.1 Å². The summed E-state index contributed by atoms with van der Waals surface area (Å²) in [6.07, 6.45) is 2.67. The zero-order valence-electron chi connectivity index (χ0n) is 11.8. The lowest BCUT2D eigenvalue weighted by Crippen LogP contribution is -2.38. The molecule has 1 aromatic carbocycles. The third-order valence-corrected chi connectivity index (χ3v) is 4.31. The fraction of sp³-hybridized carbons (Fsp3) is 0.533. The van der Waals surface area contributed by atoms with Crippen molar-refractivity contribution >= 4 is 11.7 Å². The molecule has 0 saturated heterocycles. The lowest BCUT2D eigenvalue weighted by atomic mass is 9.67. The van der Waals surface area contributed by atoms with Gasteiger partial charge in [-0.25, -0.2) is 4.39 Å². The highest BCUT2D eigenvalue weighted by Gasteiger charge is 2.43. The highest BCUT2D eigenvalue weighted by Crippen LogP contribution is 2.43. The van der Waals surface area contributed by atoms with E-state index in [1.807, 2.05) is 6.92 Å². The molecule has 6 heteroatoms. The summed E-state index contributed by atoms with van der Waals surface area (Å²) >= 11 is 0. The number of benzene rings is 1. The van der Waals surface area contributed by atoms with Crippen molar-refractivity contribution in [3.63, 3.8) is 0 Å². The Hall–Kier alpha value is -1.98. The van der Waals surface area contributed by atoms with E-state index >= 15 is 0 Å². The van der Waals surface area contributed by atoms with Crippen LogP contribution in [0.3, 0.4) is 0 Å². The van der Waals surface area contributed by atoms with Crippen molar-refractivity contribution in [1.82, 2.24) is 0 Å². The topological polar surface area (TPSA) is 80.4 Å². The number of hydrogen-bond donors (Lipinski definition) is 1. The zero-order valence-corrected chi connectivity index (χ0v) is 11.8. The number of nitro groups is 1. The average molecular weight is 295 g/mol. The molecule has 1 saturated carbocycles. The number of hydrogen-bond acceptors (Lipinski definition) is 3. The number of halogens is 1. The van der Waals surface area contributed by atoms with Gasteiger partial charge in [-0.2, -0.15) is 0 Å². The van der Waals surface area contributed by atoms with Crippen molar-refractivity contribution in [3.05, 3.63) is 39.7 Å². The van der Waals surface area contributed by atoms with E-state index in [0.717, 1.165) is 31.0 Å². The molecule has 0 aromatic heterocycles. The standard InChI is InChI=1S/C15H18FNO4/c1-10-3-2-6-15(8-10,14(18)19)9-11-7-12(16)4-5-13(11)17(20)21/h4-5,7,10H,2-3,6,8-9H2,1H3,(H,18,19). The number of rotatable bonds is 4. The second-order valence-electron chi connectivity index (χ2n) is 5.99. The Morgan fingerprint density at radius 3 is 2.86 bits per heavy atom. The molecule has 5 nitrogen and oxygen atoms in total. The maximum Gasteiger partial charge on any atom is 0.309 e. The molecule has 0 spiro atoms. The summed E-state index contributed by atoms with van der Waals surface area (Å²) in [6.45, 7) is 1.98. The smallest absolute Gasteiger partial charge is 0.309 e. The van der Waals surface area contributed by atoms with Crippen LogP contribution in [0.2, 0.25) is 0 Å². The van der Waals surface area contributed by atoms with Crippen molar-refractivity contribution in [1.29, 1.82) is 0 Å². The Morgan fingerprint density at radius 1 is 1.57 bits per heavy atom. The number of carboxylic acids is 1. The summed E-state index contributed by atoms with van der Waals surface area (Å²) < 4.78 is 13.4. The lowest BCUT2D eigenvalue weighted by Gasteiger charge is -2.36. The molecule has 21 heavy (non-hydrogen) atoms. The van der Waals surface area contributed by atoms with Crippen LogP contribution < -0.4 is 0 Å². The molecular formula is C15H18FNO4. The van der Waals surface area contributed by atoms with E-state index in [2.05, 4.69) is 0 Å². The van der Waals surface area contributed by atoms with Gasteiger partial charge in [0.1, 0.15) is 5.82 Å². The fourth-order valence-corrected chi connectivity index (χ4v) is 3.33. The molecule has 1 N–H and O–H groups in total. The predicted molar refractivity (Wildman–Crippen MR) is 74.5 cm³/mol. The maximum absolute atomic E-state index is 13.4. The molecule has 1 aliphatic carbocycles. The first kappa shape index (κ1) is 15.4. The quantitative estimate of drug-likeness (QED) is 0.680. The highest BCUT2D eigenvalue weighted by atomic mass is 19.1. The molecule has 1 aromatic rings. The van der Waals surface area contributed by atoms with Crippen molar-refractivity contribution in [2.24, 2.45) is 11.3 Å². The first-order valence-corrected chi connectivity index (χ1v) is 7.00. The lowest BCUT2D eigenvalue weighted by molar-refractivity contribution is -0.385. The van der Waals surface area contributed by atoms with E-state index in [-0.39, 0.29) is 23.6 Å². The van der Waals surface area contributed by atoms with Crippen LogP contribution in [0.4, 0.5) is 10.1 Å². The molecule has 1 fully saturated rings. The van der Waals surface area contributed by atoms with E-state index in [9.17, 15) is 24.4 Å². The summed E-state index contributed by atoms with van der Waals surface area (Å²) in [6, 6.07) is 3.22. The van der Waals surface area contributed by atoms with E-state index in [1.165, 1.54) is 0 Å². The summed E-state index contributed by atoms with van der Waals surface area (Å²) in [4.78, 5) is 22.2. The maximum atomic E-state index is 13.4. The van der Waals surface area contributed by atoms with Crippen LogP contribution in [0.5, 0.6) is 0 Å². The molecule has 1 aliphatic rings. The zero-order chi connectivity index (χ0) is 15.6. The fourth-order valence-electron chi connectivity index (χ4n) is 3.33. The molecule has 0 aliphatic heterocycles. The minimum atomic E-state index is -1.03. The molecule has 0 heterocycles. The SMILES string of the molecule is CC1CCCC(Cc2cc(F)ccc2[N+](=O)[O-])(C(=O)O)C1. The minimum absolute atomic E-state index is 0.000741. The Balaban J connectivity index is 2.40. The molecule has 2 unspecified atom stereocenters. The van der Waals surface area contributed by atoms with Gasteiger partial charge in [-0.15, -0.1) is 0 Å². The number of nitrogens with zero attached hydrogens (tertiary/aromatic N) is 1. The van der Waals surface area contributed by atoms with Gasteiger partial charge >= 0.3 is 5.97 Å². The van der Waals surface area contributed by atoms with Crippen LogP contribution >= 0.6 is 0 Å². The van der Waals surface area contributed by atoms with Gasteiger partial charge in [0, 0.05) is 11.6 Å². The number of carboxylic acid groups (broad SMARTS) is 1. The summed E-state index contributed by atoms with van der Waals surface area (Å²) in [5.74, 6) is -1.28. The van der Waals surface area contributed by atoms with Crippen molar-refractivity contribution < 1.29 is 19.2 Å². The summed E-state index contributed by atoms with van der Waals surface area (Å²) in [5.41, 5.74) is -1.08. The molecule has 114 valence electrons. The molecule has 2 atom stereocenters. The first-order valence-electron chi connectivity index (χ1n) is 7.00. The molecule has 2 rings (SSSR count). The van der Waals surface area contributed by atoms with Gasteiger partial charge in [0.2, 0.25) is 0 Å². The Morgan fingerprint density at radius 2 is 2.29 bits per heavy atom. The number of carbonyl (C=O) groups is 1. The van der Waals surface area contributed by atoms with Crippen LogP contribution in [-0.4, -0.2) is 16.0 Å². The van der Waals surface area contributed by atoms with Crippen LogP contribution in [-0.2, 0) is 11.2 Å². The Labute approximate surface area is 121 Å². The second-order valence-corrected chi connectivity index (χ2v) is 5.99. The average Bonchev–Trinajstić information content (AvgIpc) is 2.38. The second kappa shape index (κ2) is 5.79. The van der Waals surface area contributed by atoms with Gasteiger partial charge < -0.3 is 5.11 Å². The number of nitro benzene ring substituents is 1. The van der Waals surface area contributed by atoms with E-state index in [0.29, 0.717) is 12.8 Å². The molecule has 0 amide bonds. The molecule has 0 radical (unpaired) electrons. The monoisotopic (exact) mass is 295 g/mol. The van der Waals surface area contributed by atoms with Crippen LogP contribution in [0, 0.1) is 27.3 Å². The Kier molecular flexibility index (Phi) is 4.25. The first-order chi connectivity index (χ1) is 9.84. The Bertz CT molecular complexity index is 575. The number of aliphatic carboxylic acids is 1. The van der Waals surface area contributed by atoms with Gasteiger partial charge in [0.15, 0.2) is 0 Å². The summed E-state index contributed by atoms with van der Waals surface area (Å²) in [5, 5.41) is 20.7. The van der Waals surface area contributed by atoms with Gasteiger partial charge in [-0.3, -0.25) is 14.9 Å². The normalized spacial score (nSPS) is 25.5. The van der Waals surface area contributed by atoms with Gasteiger partial charge in [-0.05, 0) is 37.3 Å². The van der Waals surface area contributed by atoms with Gasteiger partial charge in [-0.1, -0.05) is 19.8 Å². The van der Waals surface area contributed by atoms with Crippen LogP contribution in [0.1, 0.15) is 38.2 Å². The third-order valence-electron chi connectivity index (χ3n) is 4.31. The van der Waals surface area contributed by atoms with E-state index in [1.54, 1.807) is 0 Å². The van der Waals surface area contributed by atoms with E-state index in [4.69, 9.17) is 0 Å². The highest BCUT2D eigenvalue weighted by molar-refractivity contribution is 5.75. The van der Waals surface area contributed by atoms with Crippen LogP contribution in [0.15, 0.2) is 18.2 Å². The van der Waals surface area contributed by atoms with Crippen LogP contribution in [0.25, 0.3) is 0 Å². The molecular weight excluding hydrogens is 277 g/mol. The molecule has 0 bridgehead atoms. The summed E-state index contributed by atoms with van der Waals surface area (Å²) in [7, 11) is 0. The van der Waals surface area contributed by atoms with Gasteiger partial charge in [0.05, 0.1) is 10.3 Å². The van der Waals surface area contributed by atoms with Gasteiger partial charge in [0.25, 0.3) is 5.69 Å². The minimum Gasteiger partial charge on any atom is -0.481 e. The van der Waals surface area contributed by atoms with Crippen molar-refractivity contribution in [2.45, 2.75) is 39.0 Å².